The van der Waals surface area contributed by atoms with Crippen LogP contribution in [0.4, 0.5) is 0 Å². The molecule has 1 saturated carbocycles. The molecule has 29 heavy (non-hydrogen) atoms. The first-order valence-corrected chi connectivity index (χ1v) is 9.52. The lowest BCUT2D eigenvalue weighted by Gasteiger charge is -2.15. The van der Waals surface area contributed by atoms with Crippen molar-refractivity contribution in [2.24, 2.45) is 10.9 Å². The van der Waals surface area contributed by atoms with Crippen molar-refractivity contribution in [1.82, 2.24) is 10.6 Å². The summed E-state index contributed by atoms with van der Waals surface area (Å²) in [4.78, 5) is 15.8. The third-order valence-electron chi connectivity index (χ3n) is 4.65. The normalized spacial score (nSPS) is 13.2. The van der Waals surface area contributed by atoms with Crippen LogP contribution in [0.15, 0.2) is 53.5 Å². The zero-order valence-electron chi connectivity index (χ0n) is 16.8. The number of carbonyl (C=O) groups excluding carboxylic acids is 1. The molecule has 7 heteroatoms. The number of methoxy groups -OCH3 is 1. The molecule has 1 aliphatic carbocycles. The summed E-state index contributed by atoms with van der Waals surface area (Å²) >= 11 is 0. The number of para-hydroxylation sites is 1. The van der Waals surface area contributed by atoms with Crippen LogP contribution in [0.25, 0.3) is 0 Å². The highest BCUT2D eigenvalue weighted by Crippen LogP contribution is 2.30. The van der Waals surface area contributed by atoms with E-state index >= 15 is 0 Å². The fourth-order valence-corrected chi connectivity index (χ4v) is 2.74. The SMILES string of the molecule is CN=C(NCc1ccc(C(=O)OC)cc1)NCc1ccccc1OCC1CC1.I. The first-order valence-electron chi connectivity index (χ1n) is 9.52. The van der Waals surface area contributed by atoms with Crippen LogP contribution in [-0.2, 0) is 17.8 Å². The van der Waals surface area contributed by atoms with Gasteiger partial charge in [0.15, 0.2) is 5.96 Å². The summed E-state index contributed by atoms with van der Waals surface area (Å²) in [6.45, 7) is 2.02. The van der Waals surface area contributed by atoms with Crippen LogP contribution < -0.4 is 15.4 Å². The van der Waals surface area contributed by atoms with E-state index in [9.17, 15) is 4.79 Å². The third-order valence-corrected chi connectivity index (χ3v) is 4.65. The number of carbonyl (C=O) groups is 1. The van der Waals surface area contributed by atoms with Crippen molar-refractivity contribution in [3.63, 3.8) is 0 Å². The van der Waals surface area contributed by atoms with Crippen LogP contribution in [0.2, 0.25) is 0 Å². The number of hydrogen-bond donors (Lipinski definition) is 2. The fraction of sp³-hybridized carbons (Fsp3) is 0.364. The van der Waals surface area contributed by atoms with Gasteiger partial charge < -0.3 is 20.1 Å². The second-order valence-corrected chi connectivity index (χ2v) is 6.83. The second-order valence-electron chi connectivity index (χ2n) is 6.83. The van der Waals surface area contributed by atoms with E-state index < -0.39 is 0 Å². The van der Waals surface area contributed by atoms with Crippen molar-refractivity contribution in [2.45, 2.75) is 25.9 Å². The van der Waals surface area contributed by atoms with Crippen LogP contribution >= 0.6 is 24.0 Å². The Morgan fingerprint density at radius 1 is 1.07 bits per heavy atom. The number of esters is 1. The number of nitrogens with zero attached hydrogens (tertiary/aromatic N) is 1. The molecule has 0 heterocycles. The number of hydrogen-bond acceptors (Lipinski definition) is 4. The number of halogens is 1. The van der Waals surface area contributed by atoms with E-state index in [1.54, 1.807) is 19.2 Å². The maximum absolute atomic E-state index is 11.5. The van der Waals surface area contributed by atoms with Gasteiger partial charge in [-0.1, -0.05) is 30.3 Å². The molecule has 0 radical (unpaired) electrons. The number of nitrogens with one attached hydrogen (secondary N) is 2. The Morgan fingerprint density at radius 3 is 2.41 bits per heavy atom. The van der Waals surface area contributed by atoms with Gasteiger partial charge in [-0.2, -0.15) is 0 Å². The molecule has 0 aromatic heterocycles. The Morgan fingerprint density at radius 2 is 1.76 bits per heavy atom. The summed E-state index contributed by atoms with van der Waals surface area (Å²) in [5.41, 5.74) is 2.69. The molecule has 156 valence electrons. The van der Waals surface area contributed by atoms with E-state index in [1.807, 2.05) is 30.3 Å². The van der Waals surface area contributed by atoms with Gasteiger partial charge in [-0.15, -0.1) is 24.0 Å². The summed E-state index contributed by atoms with van der Waals surface area (Å²) in [5.74, 6) is 2.02. The van der Waals surface area contributed by atoms with Crippen molar-refractivity contribution in [1.29, 1.82) is 0 Å². The smallest absolute Gasteiger partial charge is 0.337 e. The molecule has 0 saturated heterocycles. The molecule has 2 aromatic carbocycles. The second kappa shape index (κ2) is 11.6. The van der Waals surface area contributed by atoms with Crippen molar-refractivity contribution >= 4 is 35.9 Å². The van der Waals surface area contributed by atoms with E-state index in [-0.39, 0.29) is 29.9 Å². The summed E-state index contributed by atoms with van der Waals surface area (Å²) in [7, 11) is 3.12. The predicted molar refractivity (Wildman–Crippen MR) is 125 cm³/mol. The Kier molecular flexibility index (Phi) is 9.24. The number of guanidine groups is 1. The summed E-state index contributed by atoms with van der Waals surface area (Å²) < 4.78 is 10.7. The molecule has 1 fully saturated rings. The molecule has 0 aliphatic heterocycles. The first kappa shape index (κ1) is 23.0. The Bertz CT molecular complexity index is 820. The molecule has 0 spiro atoms. The van der Waals surface area contributed by atoms with Gasteiger partial charge in [0, 0.05) is 25.7 Å². The zero-order chi connectivity index (χ0) is 19.8. The molecule has 3 rings (SSSR count). The Hall–Kier alpha value is -2.29. The van der Waals surface area contributed by atoms with Crippen LogP contribution in [-0.4, -0.2) is 32.7 Å². The van der Waals surface area contributed by atoms with Gasteiger partial charge in [0.1, 0.15) is 5.75 Å². The van der Waals surface area contributed by atoms with E-state index in [2.05, 4.69) is 21.7 Å². The minimum absolute atomic E-state index is 0. The highest BCUT2D eigenvalue weighted by Gasteiger charge is 2.22. The summed E-state index contributed by atoms with van der Waals surface area (Å²) in [6, 6.07) is 15.4. The minimum atomic E-state index is -0.334. The molecular formula is C22H28IN3O3. The Labute approximate surface area is 189 Å². The van der Waals surface area contributed by atoms with Crippen molar-refractivity contribution in [2.75, 3.05) is 20.8 Å². The van der Waals surface area contributed by atoms with Crippen LogP contribution in [0.5, 0.6) is 5.75 Å². The molecule has 0 unspecified atom stereocenters. The van der Waals surface area contributed by atoms with Gasteiger partial charge in [0.05, 0.1) is 19.3 Å². The number of rotatable bonds is 8. The van der Waals surface area contributed by atoms with E-state index in [0.29, 0.717) is 24.6 Å². The van der Waals surface area contributed by atoms with Crippen molar-refractivity contribution in [3.05, 3.63) is 65.2 Å². The molecule has 2 aromatic rings. The van der Waals surface area contributed by atoms with E-state index in [4.69, 9.17) is 9.47 Å². The lowest BCUT2D eigenvalue weighted by Crippen LogP contribution is -2.36. The van der Waals surface area contributed by atoms with Gasteiger partial charge in [-0.3, -0.25) is 4.99 Å². The lowest BCUT2D eigenvalue weighted by atomic mass is 10.1. The number of ether oxygens (including phenoxy) is 2. The third kappa shape index (κ3) is 7.23. The molecule has 0 amide bonds. The van der Waals surface area contributed by atoms with Gasteiger partial charge in [0.25, 0.3) is 0 Å². The largest absolute Gasteiger partial charge is 0.493 e. The monoisotopic (exact) mass is 509 g/mol. The van der Waals surface area contributed by atoms with E-state index in [0.717, 1.165) is 29.4 Å². The predicted octanol–water partition coefficient (Wildman–Crippen LogP) is 3.75. The highest BCUT2D eigenvalue weighted by atomic mass is 127. The van der Waals surface area contributed by atoms with Gasteiger partial charge in [0.2, 0.25) is 0 Å². The molecule has 6 nitrogen and oxygen atoms in total. The average molecular weight is 509 g/mol. The van der Waals surface area contributed by atoms with Gasteiger partial charge in [-0.05, 0) is 42.5 Å². The fourth-order valence-electron chi connectivity index (χ4n) is 2.74. The van der Waals surface area contributed by atoms with Crippen LogP contribution in [0.3, 0.4) is 0 Å². The van der Waals surface area contributed by atoms with E-state index in [1.165, 1.54) is 20.0 Å². The molecule has 0 atom stereocenters. The van der Waals surface area contributed by atoms with Gasteiger partial charge in [-0.25, -0.2) is 4.79 Å². The number of benzene rings is 2. The zero-order valence-corrected chi connectivity index (χ0v) is 19.1. The Balaban J connectivity index is 0.00000300. The van der Waals surface area contributed by atoms with Crippen LogP contribution in [0.1, 0.15) is 34.3 Å². The van der Waals surface area contributed by atoms with Gasteiger partial charge >= 0.3 is 5.97 Å². The van der Waals surface area contributed by atoms with Crippen molar-refractivity contribution in [3.8, 4) is 5.75 Å². The van der Waals surface area contributed by atoms with Crippen LogP contribution in [0, 0.1) is 5.92 Å². The summed E-state index contributed by atoms with van der Waals surface area (Å²) in [5, 5.41) is 6.60. The standard InChI is InChI=1S/C22H27N3O3.HI/c1-23-22(24-13-16-9-11-18(12-10-16)21(26)27-2)25-14-19-5-3-4-6-20(19)28-15-17-7-8-17;/h3-6,9-12,17H,7-8,13-15H2,1-2H3,(H2,23,24,25);1H. The lowest BCUT2D eigenvalue weighted by molar-refractivity contribution is 0.0600. The highest BCUT2D eigenvalue weighted by molar-refractivity contribution is 14.0. The quantitative estimate of drug-likeness (QED) is 0.246. The first-order chi connectivity index (χ1) is 13.7. The minimum Gasteiger partial charge on any atom is -0.493 e. The molecule has 1 aliphatic rings. The average Bonchev–Trinajstić information content (AvgIpc) is 3.57. The maximum atomic E-state index is 11.5. The summed E-state index contributed by atoms with van der Waals surface area (Å²) in [6.07, 6.45) is 2.55. The molecular weight excluding hydrogens is 481 g/mol. The topological polar surface area (TPSA) is 72.0 Å². The number of aliphatic imine (C=N–C) groups is 1. The molecule has 2 N–H and O–H groups in total. The van der Waals surface area contributed by atoms with Crippen molar-refractivity contribution < 1.29 is 14.3 Å². The molecule has 0 bridgehead atoms. The maximum Gasteiger partial charge on any atom is 0.337 e.